The molecule has 5 heteroatoms. The molecule has 40 heavy (non-hydrogen) atoms. The lowest BCUT2D eigenvalue weighted by atomic mass is 10.0. The maximum absolute atomic E-state index is 12.1. The summed E-state index contributed by atoms with van der Waals surface area (Å²) in [4.78, 5) is 24.1. The summed E-state index contributed by atoms with van der Waals surface area (Å²) in [5, 5.41) is 10.0. The Labute approximate surface area is 242 Å². The van der Waals surface area contributed by atoms with E-state index < -0.39 is 12.1 Å². The van der Waals surface area contributed by atoms with Crippen LogP contribution in [-0.2, 0) is 25.5 Å². The first-order valence-corrected chi connectivity index (χ1v) is 15.7. The molecular weight excluding hydrogens is 500 g/mol. The van der Waals surface area contributed by atoms with Crippen molar-refractivity contribution in [3.8, 4) is 11.1 Å². The molecule has 2 aromatic rings. The molecule has 0 aliphatic rings. The van der Waals surface area contributed by atoms with E-state index >= 15 is 0 Å². The number of esters is 2. The molecule has 5 nitrogen and oxygen atoms in total. The Balaban J connectivity index is 1.40. The SMILES string of the molecule is CCCCCCCCCCCCCCCCCC(=O)OCC(O)COC(=O)Cc1ccc(-c2ccccc2)cc1. The second-order valence-electron chi connectivity index (χ2n) is 11.0. The van der Waals surface area contributed by atoms with Gasteiger partial charge in [-0.1, -0.05) is 151 Å². The minimum absolute atomic E-state index is 0.126. The highest BCUT2D eigenvalue weighted by Gasteiger charge is 2.13. The van der Waals surface area contributed by atoms with Gasteiger partial charge >= 0.3 is 11.9 Å². The number of ether oxygens (including phenoxy) is 2. The van der Waals surface area contributed by atoms with Gasteiger partial charge < -0.3 is 14.6 Å². The lowest BCUT2D eigenvalue weighted by Gasteiger charge is -2.12. The molecule has 0 heterocycles. The van der Waals surface area contributed by atoms with E-state index in [4.69, 9.17) is 9.47 Å². The van der Waals surface area contributed by atoms with Crippen LogP contribution in [0.2, 0.25) is 0 Å². The number of carbonyl (C=O) groups is 2. The topological polar surface area (TPSA) is 72.8 Å². The first kappa shape index (κ1) is 33.5. The fraction of sp³-hybridized carbons (Fsp3) is 0.600. The van der Waals surface area contributed by atoms with Crippen molar-refractivity contribution in [2.24, 2.45) is 0 Å². The van der Waals surface area contributed by atoms with Gasteiger partial charge in [0.1, 0.15) is 19.3 Å². The summed E-state index contributed by atoms with van der Waals surface area (Å²) < 4.78 is 10.3. The van der Waals surface area contributed by atoms with E-state index in [-0.39, 0.29) is 25.6 Å². The third kappa shape index (κ3) is 16.4. The molecule has 2 aromatic carbocycles. The third-order valence-electron chi connectivity index (χ3n) is 7.27. The molecule has 2 rings (SSSR count). The van der Waals surface area contributed by atoms with Crippen molar-refractivity contribution in [2.75, 3.05) is 13.2 Å². The summed E-state index contributed by atoms with van der Waals surface area (Å²) in [6, 6.07) is 17.8. The number of aliphatic hydroxyl groups is 1. The molecule has 1 unspecified atom stereocenters. The largest absolute Gasteiger partial charge is 0.463 e. The lowest BCUT2D eigenvalue weighted by molar-refractivity contribution is -0.152. The molecular formula is C35H52O5. The summed E-state index contributed by atoms with van der Waals surface area (Å²) in [6.07, 6.45) is 18.7. The van der Waals surface area contributed by atoms with Crippen LogP contribution < -0.4 is 0 Å². The molecule has 0 aromatic heterocycles. The normalized spacial score (nSPS) is 11.8. The summed E-state index contributed by atoms with van der Waals surface area (Å²) in [6.45, 7) is 1.92. The van der Waals surface area contributed by atoms with Crippen LogP contribution in [-0.4, -0.2) is 36.4 Å². The summed E-state index contributed by atoms with van der Waals surface area (Å²) in [5.74, 6) is -0.728. The highest BCUT2D eigenvalue weighted by molar-refractivity contribution is 5.73. The second-order valence-corrected chi connectivity index (χ2v) is 11.0. The average molecular weight is 553 g/mol. The molecule has 0 fully saturated rings. The van der Waals surface area contributed by atoms with E-state index in [1.165, 1.54) is 77.0 Å². The first-order chi connectivity index (χ1) is 19.6. The maximum atomic E-state index is 12.1. The number of hydrogen-bond donors (Lipinski definition) is 1. The van der Waals surface area contributed by atoms with Crippen LogP contribution in [0.25, 0.3) is 11.1 Å². The average Bonchev–Trinajstić information content (AvgIpc) is 2.98. The van der Waals surface area contributed by atoms with Crippen LogP contribution in [0.15, 0.2) is 54.6 Å². The van der Waals surface area contributed by atoms with Gasteiger partial charge in [-0.2, -0.15) is 0 Å². The van der Waals surface area contributed by atoms with E-state index in [0.29, 0.717) is 6.42 Å². The van der Waals surface area contributed by atoms with Gasteiger partial charge in [-0.05, 0) is 23.1 Å². The van der Waals surface area contributed by atoms with E-state index in [0.717, 1.165) is 36.0 Å². The Kier molecular flexibility index (Phi) is 18.5. The van der Waals surface area contributed by atoms with Crippen molar-refractivity contribution >= 4 is 11.9 Å². The Hall–Kier alpha value is -2.66. The predicted molar refractivity (Wildman–Crippen MR) is 163 cm³/mol. The summed E-state index contributed by atoms with van der Waals surface area (Å²) >= 11 is 0. The van der Waals surface area contributed by atoms with Crippen molar-refractivity contribution in [1.29, 1.82) is 0 Å². The molecule has 1 N–H and O–H groups in total. The molecule has 0 radical (unpaired) electrons. The van der Waals surface area contributed by atoms with Crippen LogP contribution in [0, 0.1) is 0 Å². The fourth-order valence-electron chi connectivity index (χ4n) is 4.80. The highest BCUT2D eigenvalue weighted by atomic mass is 16.6. The predicted octanol–water partition coefficient (Wildman–Crippen LogP) is 8.60. The van der Waals surface area contributed by atoms with Gasteiger partial charge in [0, 0.05) is 6.42 Å². The minimum Gasteiger partial charge on any atom is -0.463 e. The van der Waals surface area contributed by atoms with Gasteiger partial charge in [0.15, 0.2) is 0 Å². The second kappa shape index (κ2) is 22.1. The van der Waals surface area contributed by atoms with Gasteiger partial charge in [0.25, 0.3) is 0 Å². The van der Waals surface area contributed by atoms with Crippen LogP contribution in [0.4, 0.5) is 0 Å². The van der Waals surface area contributed by atoms with E-state index in [9.17, 15) is 14.7 Å². The van der Waals surface area contributed by atoms with Crippen LogP contribution in [0.1, 0.15) is 115 Å². The Morgan fingerprint density at radius 1 is 0.600 bits per heavy atom. The van der Waals surface area contributed by atoms with E-state index in [1.807, 2.05) is 54.6 Å². The maximum Gasteiger partial charge on any atom is 0.310 e. The molecule has 0 saturated heterocycles. The standard InChI is InChI=1S/C35H52O5/c1-2-3-4-5-6-7-8-9-10-11-12-13-14-15-19-22-34(37)39-28-33(36)29-40-35(38)27-30-23-25-32(26-24-30)31-20-17-16-18-21-31/h16-18,20-21,23-26,33,36H,2-15,19,22,27-29H2,1H3. The molecule has 0 saturated carbocycles. The van der Waals surface area contributed by atoms with Crippen molar-refractivity contribution in [1.82, 2.24) is 0 Å². The van der Waals surface area contributed by atoms with Crippen LogP contribution >= 0.6 is 0 Å². The highest BCUT2D eigenvalue weighted by Crippen LogP contribution is 2.19. The quantitative estimate of drug-likeness (QED) is 0.110. The smallest absolute Gasteiger partial charge is 0.310 e. The molecule has 1 atom stereocenters. The van der Waals surface area contributed by atoms with Gasteiger partial charge in [0.2, 0.25) is 0 Å². The van der Waals surface area contributed by atoms with E-state index in [1.54, 1.807) is 0 Å². The molecule has 0 amide bonds. The lowest BCUT2D eigenvalue weighted by Crippen LogP contribution is -2.25. The van der Waals surface area contributed by atoms with Gasteiger partial charge in [-0.25, -0.2) is 0 Å². The first-order valence-electron chi connectivity index (χ1n) is 15.7. The zero-order valence-electron chi connectivity index (χ0n) is 24.8. The zero-order valence-corrected chi connectivity index (χ0v) is 24.8. The Morgan fingerprint density at radius 2 is 1.05 bits per heavy atom. The van der Waals surface area contributed by atoms with Crippen LogP contribution in [0.5, 0.6) is 0 Å². The molecule has 222 valence electrons. The number of hydrogen-bond acceptors (Lipinski definition) is 5. The van der Waals surface area contributed by atoms with E-state index in [2.05, 4.69) is 6.92 Å². The third-order valence-corrected chi connectivity index (χ3v) is 7.27. The number of unbranched alkanes of at least 4 members (excludes halogenated alkanes) is 14. The molecule has 0 aliphatic carbocycles. The summed E-state index contributed by atoms with van der Waals surface area (Å²) in [7, 11) is 0. The van der Waals surface area contributed by atoms with Crippen molar-refractivity contribution < 1.29 is 24.2 Å². The minimum atomic E-state index is -1.02. The monoisotopic (exact) mass is 552 g/mol. The van der Waals surface area contributed by atoms with Gasteiger partial charge in [0.05, 0.1) is 6.42 Å². The summed E-state index contributed by atoms with van der Waals surface area (Å²) in [5.41, 5.74) is 3.04. The number of carbonyl (C=O) groups excluding carboxylic acids is 2. The van der Waals surface area contributed by atoms with Crippen molar-refractivity contribution in [3.05, 3.63) is 60.2 Å². The molecule has 0 spiro atoms. The number of rotatable bonds is 23. The van der Waals surface area contributed by atoms with Crippen LogP contribution in [0.3, 0.4) is 0 Å². The Morgan fingerprint density at radius 3 is 1.57 bits per heavy atom. The number of aliphatic hydroxyl groups excluding tert-OH is 1. The van der Waals surface area contributed by atoms with Gasteiger partial charge in [-0.15, -0.1) is 0 Å². The Bertz CT molecular complexity index is 909. The molecule has 0 bridgehead atoms. The fourth-order valence-corrected chi connectivity index (χ4v) is 4.80. The van der Waals surface area contributed by atoms with Gasteiger partial charge in [-0.3, -0.25) is 9.59 Å². The zero-order chi connectivity index (χ0) is 28.7. The van der Waals surface area contributed by atoms with Crippen molar-refractivity contribution in [3.63, 3.8) is 0 Å². The number of benzene rings is 2. The van der Waals surface area contributed by atoms with Crippen molar-refractivity contribution in [2.45, 2.75) is 122 Å². The molecule has 0 aliphatic heterocycles.